The number of ether oxygens (including phenoxy) is 1. The molecule has 0 saturated heterocycles. The minimum absolute atomic E-state index is 0.101. The van der Waals surface area contributed by atoms with Crippen LogP contribution in [0.3, 0.4) is 0 Å². The number of nitrogens with one attached hydrogen (secondary N) is 1. The molecule has 1 aromatic heterocycles. The third-order valence-corrected chi connectivity index (χ3v) is 4.27. The van der Waals surface area contributed by atoms with Gasteiger partial charge in [0.15, 0.2) is 6.73 Å². The van der Waals surface area contributed by atoms with Crippen LogP contribution in [0.15, 0.2) is 60.8 Å². The smallest absolute Gasteiger partial charge is 0.272 e. The molecule has 0 bridgehead atoms. The van der Waals surface area contributed by atoms with Crippen LogP contribution < -0.4 is 10.1 Å². The Morgan fingerprint density at radius 1 is 1.23 bits per heavy atom. The van der Waals surface area contributed by atoms with Gasteiger partial charge in [-0.3, -0.25) is 4.79 Å². The monoisotopic (exact) mass is 369 g/mol. The molecule has 3 rings (SSSR count). The fourth-order valence-corrected chi connectivity index (χ4v) is 2.68. The molecule has 1 atom stereocenters. The average Bonchev–Trinajstić information content (AvgIpc) is 3.12. The van der Waals surface area contributed by atoms with Crippen molar-refractivity contribution in [3.05, 3.63) is 82.6 Å². The Labute approximate surface area is 157 Å². The van der Waals surface area contributed by atoms with E-state index < -0.39 is 0 Å². The summed E-state index contributed by atoms with van der Waals surface area (Å²) in [5.41, 5.74) is 2.43. The van der Waals surface area contributed by atoms with Crippen molar-refractivity contribution in [2.75, 3.05) is 0 Å². The van der Waals surface area contributed by atoms with Crippen molar-refractivity contribution in [2.45, 2.75) is 26.6 Å². The Kier molecular flexibility index (Phi) is 5.58. The van der Waals surface area contributed by atoms with Gasteiger partial charge in [-0.15, -0.1) is 0 Å². The van der Waals surface area contributed by atoms with Gasteiger partial charge in [-0.1, -0.05) is 48.0 Å². The average molecular weight is 370 g/mol. The molecule has 0 aliphatic carbocycles. The van der Waals surface area contributed by atoms with Crippen LogP contribution in [0.4, 0.5) is 0 Å². The van der Waals surface area contributed by atoms with E-state index in [2.05, 4.69) is 10.4 Å². The van der Waals surface area contributed by atoms with E-state index in [9.17, 15) is 4.79 Å². The Balaban J connectivity index is 1.60. The van der Waals surface area contributed by atoms with Crippen LogP contribution in [0.1, 0.15) is 34.6 Å². The summed E-state index contributed by atoms with van der Waals surface area (Å²) in [6.07, 6.45) is 1.70. The number of rotatable bonds is 6. The van der Waals surface area contributed by atoms with Crippen LogP contribution in [-0.4, -0.2) is 15.7 Å². The van der Waals surface area contributed by atoms with Gasteiger partial charge in [-0.05, 0) is 43.2 Å². The lowest BCUT2D eigenvalue weighted by Gasteiger charge is -2.13. The van der Waals surface area contributed by atoms with Gasteiger partial charge in [0.1, 0.15) is 11.4 Å². The maximum absolute atomic E-state index is 12.4. The van der Waals surface area contributed by atoms with Gasteiger partial charge in [-0.2, -0.15) is 5.10 Å². The van der Waals surface area contributed by atoms with Crippen molar-refractivity contribution in [1.29, 1.82) is 0 Å². The first-order valence-electron chi connectivity index (χ1n) is 8.31. The topological polar surface area (TPSA) is 56.1 Å². The lowest BCUT2D eigenvalue weighted by molar-refractivity contribution is 0.0932. The molecule has 1 unspecified atom stereocenters. The first-order valence-corrected chi connectivity index (χ1v) is 8.69. The molecule has 6 heteroatoms. The quantitative estimate of drug-likeness (QED) is 0.701. The zero-order valence-corrected chi connectivity index (χ0v) is 15.4. The SMILES string of the molecule is Cc1ccc(Cl)c(OCn2ccc(C(=O)NC(C)c3ccccc3)n2)c1. The number of amides is 1. The van der Waals surface area contributed by atoms with Gasteiger partial charge in [-0.25, -0.2) is 4.68 Å². The minimum atomic E-state index is -0.228. The fourth-order valence-electron chi connectivity index (χ4n) is 2.51. The van der Waals surface area contributed by atoms with Crippen LogP contribution in [-0.2, 0) is 6.73 Å². The Morgan fingerprint density at radius 2 is 2.00 bits per heavy atom. The van der Waals surface area contributed by atoms with Crippen molar-refractivity contribution >= 4 is 17.5 Å². The molecular weight excluding hydrogens is 350 g/mol. The number of hydrogen-bond acceptors (Lipinski definition) is 3. The predicted octanol–water partition coefficient (Wildman–Crippen LogP) is 4.37. The number of aryl methyl sites for hydroxylation is 1. The van der Waals surface area contributed by atoms with Gasteiger partial charge in [0, 0.05) is 6.20 Å². The third-order valence-electron chi connectivity index (χ3n) is 3.96. The fraction of sp³-hybridized carbons (Fsp3) is 0.200. The van der Waals surface area contributed by atoms with E-state index in [1.807, 2.05) is 56.3 Å². The van der Waals surface area contributed by atoms with E-state index in [0.717, 1.165) is 11.1 Å². The first kappa shape index (κ1) is 18.0. The summed E-state index contributed by atoms with van der Waals surface area (Å²) in [7, 11) is 0. The highest BCUT2D eigenvalue weighted by Crippen LogP contribution is 2.25. The Bertz CT molecular complexity index is 893. The summed E-state index contributed by atoms with van der Waals surface area (Å²) in [6.45, 7) is 4.07. The highest BCUT2D eigenvalue weighted by Gasteiger charge is 2.14. The number of carbonyl (C=O) groups excluding carboxylic acids is 1. The van der Waals surface area contributed by atoms with Crippen LogP contribution in [0.25, 0.3) is 0 Å². The summed E-state index contributed by atoms with van der Waals surface area (Å²) >= 11 is 6.11. The zero-order chi connectivity index (χ0) is 18.5. The van der Waals surface area contributed by atoms with Crippen molar-refractivity contribution in [1.82, 2.24) is 15.1 Å². The molecule has 1 N–H and O–H groups in total. The molecule has 1 heterocycles. The van der Waals surface area contributed by atoms with Crippen LogP contribution in [0.2, 0.25) is 5.02 Å². The molecule has 3 aromatic rings. The highest BCUT2D eigenvalue weighted by atomic mass is 35.5. The minimum Gasteiger partial charge on any atom is -0.470 e. The van der Waals surface area contributed by atoms with Gasteiger partial charge >= 0.3 is 0 Å². The summed E-state index contributed by atoms with van der Waals surface area (Å²) in [4.78, 5) is 12.4. The highest BCUT2D eigenvalue weighted by molar-refractivity contribution is 6.32. The summed E-state index contributed by atoms with van der Waals surface area (Å²) in [6, 6.07) is 16.9. The van der Waals surface area contributed by atoms with Crippen LogP contribution in [0, 0.1) is 6.92 Å². The van der Waals surface area contributed by atoms with Gasteiger partial charge in [0.05, 0.1) is 11.1 Å². The Hall–Kier alpha value is -2.79. The second kappa shape index (κ2) is 8.06. The van der Waals surface area contributed by atoms with E-state index in [4.69, 9.17) is 16.3 Å². The van der Waals surface area contributed by atoms with Gasteiger partial charge < -0.3 is 10.1 Å². The zero-order valence-electron chi connectivity index (χ0n) is 14.6. The number of carbonyl (C=O) groups is 1. The normalized spacial score (nSPS) is 11.8. The Morgan fingerprint density at radius 3 is 2.77 bits per heavy atom. The van der Waals surface area contributed by atoms with Crippen LogP contribution in [0.5, 0.6) is 5.75 Å². The molecule has 0 fully saturated rings. The molecule has 0 saturated carbocycles. The molecule has 0 aliphatic rings. The molecule has 0 radical (unpaired) electrons. The molecule has 134 valence electrons. The molecular formula is C20H20ClN3O2. The lowest BCUT2D eigenvalue weighted by atomic mass is 10.1. The largest absolute Gasteiger partial charge is 0.470 e. The van der Waals surface area contributed by atoms with Gasteiger partial charge in [0.2, 0.25) is 0 Å². The number of hydrogen-bond donors (Lipinski definition) is 1. The predicted molar refractivity (Wildman–Crippen MR) is 101 cm³/mol. The maximum atomic E-state index is 12.4. The standard InChI is InChI=1S/C20H20ClN3O2/c1-14-8-9-17(21)19(12-14)26-13-24-11-10-18(23-24)20(25)22-15(2)16-6-4-3-5-7-16/h3-12,15H,13H2,1-2H3,(H,22,25). The molecule has 5 nitrogen and oxygen atoms in total. The van der Waals surface area contributed by atoms with E-state index in [1.54, 1.807) is 23.0 Å². The van der Waals surface area contributed by atoms with E-state index in [-0.39, 0.29) is 18.7 Å². The molecule has 0 spiro atoms. The van der Waals surface area contributed by atoms with Crippen LogP contribution >= 0.6 is 11.6 Å². The van der Waals surface area contributed by atoms with E-state index >= 15 is 0 Å². The number of benzene rings is 2. The summed E-state index contributed by atoms with van der Waals surface area (Å²) < 4.78 is 7.24. The maximum Gasteiger partial charge on any atom is 0.272 e. The molecule has 0 aliphatic heterocycles. The number of halogens is 1. The second-order valence-corrected chi connectivity index (χ2v) is 6.46. The van der Waals surface area contributed by atoms with Crippen molar-refractivity contribution < 1.29 is 9.53 Å². The number of aromatic nitrogens is 2. The van der Waals surface area contributed by atoms with E-state index in [1.165, 1.54) is 0 Å². The van der Waals surface area contributed by atoms with Crippen molar-refractivity contribution in [3.63, 3.8) is 0 Å². The molecule has 2 aromatic carbocycles. The number of nitrogens with zero attached hydrogens (tertiary/aromatic N) is 2. The molecule has 26 heavy (non-hydrogen) atoms. The first-order chi connectivity index (χ1) is 12.5. The second-order valence-electron chi connectivity index (χ2n) is 6.05. The summed E-state index contributed by atoms with van der Waals surface area (Å²) in [5.74, 6) is 0.361. The van der Waals surface area contributed by atoms with Crippen molar-refractivity contribution in [3.8, 4) is 5.75 Å². The van der Waals surface area contributed by atoms with Crippen molar-refractivity contribution in [2.24, 2.45) is 0 Å². The summed E-state index contributed by atoms with van der Waals surface area (Å²) in [5, 5.41) is 7.74. The van der Waals surface area contributed by atoms with Gasteiger partial charge in [0.25, 0.3) is 5.91 Å². The molecule has 1 amide bonds. The van der Waals surface area contributed by atoms with E-state index in [0.29, 0.717) is 16.5 Å². The lowest BCUT2D eigenvalue weighted by Crippen LogP contribution is -2.27. The third kappa shape index (κ3) is 4.43.